The molecule has 2 aliphatic heterocycles. The number of esters is 1. The van der Waals surface area contributed by atoms with Crippen molar-refractivity contribution in [2.45, 2.75) is 70.0 Å². The van der Waals surface area contributed by atoms with Gasteiger partial charge >= 0.3 is 40.8 Å². The minimum atomic E-state index is -5.70. The molecule has 0 radical (unpaired) electrons. The van der Waals surface area contributed by atoms with Crippen molar-refractivity contribution in [2.75, 3.05) is 19.8 Å². The van der Waals surface area contributed by atoms with Crippen LogP contribution < -0.4 is 28.2 Å². The number of aliphatic hydroxyl groups excluding tert-OH is 2. The van der Waals surface area contributed by atoms with Crippen molar-refractivity contribution >= 4 is 29.4 Å². The Bertz CT molecular complexity index is 2220. The van der Waals surface area contributed by atoms with E-state index < -0.39 is 95.4 Å². The molecule has 2 fully saturated rings. The van der Waals surface area contributed by atoms with Crippen LogP contribution in [0.1, 0.15) is 56.7 Å². The molecule has 0 aliphatic carbocycles. The van der Waals surface area contributed by atoms with Crippen LogP contribution in [0.3, 0.4) is 0 Å². The quantitative estimate of drug-likeness (QED) is 0.0633. The minimum Gasteiger partial charge on any atom is -0.460 e. The second-order valence-corrected chi connectivity index (χ2v) is 15.5. The summed E-state index contributed by atoms with van der Waals surface area (Å²) in [6.45, 7) is 1.77. The summed E-state index contributed by atoms with van der Waals surface area (Å²) in [6, 6.07) is 0. The van der Waals surface area contributed by atoms with Crippen LogP contribution in [0.4, 0.5) is 0 Å². The smallest absolute Gasteiger partial charge is 0.460 e. The number of phosphoric acid groups is 3. The molecule has 4 unspecified atom stereocenters. The second kappa shape index (κ2) is 19.3. The number of carbonyl (C=O) groups is 1. The fourth-order valence-corrected chi connectivity index (χ4v) is 7.82. The van der Waals surface area contributed by atoms with Gasteiger partial charge in [-0.1, -0.05) is 30.6 Å². The molecule has 4 heterocycles. The Morgan fingerprint density at radius 2 is 1.42 bits per heavy atom. The highest BCUT2D eigenvalue weighted by Gasteiger charge is 2.43. The number of aliphatic hydroxyl groups is 2. The van der Waals surface area contributed by atoms with Gasteiger partial charge in [0.05, 0.1) is 25.9 Å². The van der Waals surface area contributed by atoms with Crippen LogP contribution in [0.15, 0.2) is 31.6 Å². The summed E-state index contributed by atoms with van der Waals surface area (Å²) < 4.78 is 63.3. The van der Waals surface area contributed by atoms with Crippen LogP contribution in [-0.4, -0.2) is 99.0 Å². The van der Waals surface area contributed by atoms with E-state index in [0.29, 0.717) is 6.42 Å². The maximum absolute atomic E-state index is 12.1. The number of aromatic nitrogens is 4. The molecule has 0 amide bonds. The predicted octanol–water partition coefficient (Wildman–Crippen LogP) is -2.65. The fraction of sp³-hybridized carbons (Fsp3) is 0.519. The lowest BCUT2D eigenvalue weighted by molar-refractivity contribution is -0.150. The van der Waals surface area contributed by atoms with E-state index in [1.807, 2.05) is 11.9 Å². The Hall–Kier alpha value is -3.84. The molecule has 0 spiro atoms. The molecule has 0 bridgehead atoms. The molecular weight excluding hydrogens is 807 g/mol. The summed E-state index contributed by atoms with van der Waals surface area (Å²) in [5.41, 5.74) is 2.35. The molecule has 25 nitrogen and oxygen atoms in total. The lowest BCUT2D eigenvalue weighted by atomic mass is 10.2. The molecule has 28 heteroatoms. The van der Waals surface area contributed by atoms with Gasteiger partial charge in [0, 0.05) is 38.6 Å². The summed E-state index contributed by atoms with van der Waals surface area (Å²) in [7, 11) is -16.7. The number of carbonyl (C=O) groups excluding carboxylic acids is 1. The van der Waals surface area contributed by atoms with Crippen LogP contribution in [0.2, 0.25) is 0 Å². The van der Waals surface area contributed by atoms with Crippen LogP contribution in [-0.2, 0) is 45.8 Å². The number of nitrogens with two attached hydrogens (primary N) is 1. The van der Waals surface area contributed by atoms with E-state index in [9.17, 15) is 52.8 Å². The zero-order valence-corrected chi connectivity index (χ0v) is 31.3. The molecule has 2 aromatic rings. The normalized spacial score (nSPS) is 24.2. The number of rotatable bonds is 11. The van der Waals surface area contributed by atoms with Gasteiger partial charge in [-0.2, -0.15) is 8.62 Å². The van der Waals surface area contributed by atoms with Gasteiger partial charge in [0.25, 0.3) is 11.1 Å². The third kappa shape index (κ3) is 13.7. The number of hydrogen-bond acceptors (Lipinski definition) is 17. The Labute approximate surface area is 308 Å². The van der Waals surface area contributed by atoms with E-state index in [1.165, 1.54) is 17.7 Å². The summed E-state index contributed by atoms with van der Waals surface area (Å²) in [5, 5.41) is 19.4. The largest absolute Gasteiger partial charge is 0.490 e. The highest BCUT2D eigenvalue weighted by atomic mass is 31.3. The first-order valence-corrected chi connectivity index (χ1v) is 20.0. The van der Waals surface area contributed by atoms with Gasteiger partial charge in [0.15, 0.2) is 0 Å². The molecule has 304 valence electrons. The van der Waals surface area contributed by atoms with Crippen molar-refractivity contribution < 1.29 is 75.6 Å². The molecule has 10 N–H and O–H groups in total. The van der Waals surface area contributed by atoms with Gasteiger partial charge in [-0.25, -0.2) is 23.3 Å². The fourth-order valence-electron chi connectivity index (χ4n) is 4.79. The molecule has 4 rings (SSSR count). The Morgan fingerprint density at radius 3 is 1.91 bits per heavy atom. The predicted molar refractivity (Wildman–Crippen MR) is 181 cm³/mol. The lowest BCUT2D eigenvalue weighted by Crippen LogP contribution is -2.33. The van der Waals surface area contributed by atoms with Gasteiger partial charge in [-0.15, -0.1) is 0 Å². The van der Waals surface area contributed by atoms with E-state index in [-0.39, 0.29) is 37.1 Å². The third-order valence-corrected chi connectivity index (χ3v) is 10.8. The lowest BCUT2D eigenvalue weighted by Gasteiger charge is -2.19. The summed E-state index contributed by atoms with van der Waals surface area (Å²) in [4.78, 5) is 98.3. The topological polar surface area (TPSA) is 381 Å². The van der Waals surface area contributed by atoms with Crippen molar-refractivity contribution in [1.82, 2.24) is 19.1 Å². The van der Waals surface area contributed by atoms with Gasteiger partial charge in [-0.05, 0) is 0 Å². The first kappa shape index (κ1) is 45.5. The first-order chi connectivity index (χ1) is 25.6. The first-order valence-electron chi connectivity index (χ1n) is 15.5. The van der Waals surface area contributed by atoms with E-state index in [1.54, 1.807) is 0 Å². The van der Waals surface area contributed by atoms with Crippen molar-refractivity contribution in [2.24, 2.45) is 5.73 Å². The van der Waals surface area contributed by atoms with Crippen LogP contribution >= 0.6 is 23.5 Å². The van der Waals surface area contributed by atoms with Gasteiger partial charge in [0.2, 0.25) is 0 Å². The average Bonchev–Trinajstić information content (AvgIpc) is 3.63. The summed E-state index contributed by atoms with van der Waals surface area (Å²) >= 11 is 0. The molecule has 2 aromatic heterocycles. The van der Waals surface area contributed by atoms with Crippen molar-refractivity contribution in [1.29, 1.82) is 0 Å². The number of nitrogens with zero attached hydrogens (tertiary/aromatic N) is 2. The molecule has 0 aromatic carbocycles. The zero-order valence-electron chi connectivity index (χ0n) is 28.6. The summed E-state index contributed by atoms with van der Waals surface area (Å²) in [5.74, 6) is 9.81. The van der Waals surface area contributed by atoms with Crippen LogP contribution in [0.25, 0.3) is 0 Å². The molecule has 55 heavy (non-hydrogen) atoms. The number of ether oxygens (including phenoxy) is 3. The van der Waals surface area contributed by atoms with Gasteiger partial charge in [0.1, 0.15) is 41.9 Å². The SMILES string of the molecule is CCC#Cc1cn([C@H]2CC(OC(C)=O)[C@@H](CO)O2)c(=O)[nH]c1=O.NCC#Cc1cn([C@H]2CC(O)[C@@H](COP(=O)(O)OP(=O)(O)OP(=O)(O)O)O2)c(=O)[nH]c1=O. The van der Waals surface area contributed by atoms with Crippen LogP contribution in [0, 0.1) is 23.7 Å². The van der Waals surface area contributed by atoms with Gasteiger partial charge in [-0.3, -0.25) is 38.0 Å². The second-order valence-electron chi connectivity index (χ2n) is 11.1. The van der Waals surface area contributed by atoms with Gasteiger partial charge < -0.3 is 49.7 Å². The maximum Gasteiger partial charge on any atom is 0.490 e. The highest BCUT2D eigenvalue weighted by Crippen LogP contribution is 2.66. The minimum absolute atomic E-state index is 0.0557. The van der Waals surface area contributed by atoms with Crippen LogP contribution in [0.5, 0.6) is 0 Å². The molecular formula is C27H36N5O20P3. The molecule has 0 saturated carbocycles. The Balaban J connectivity index is 0.000000311. The Morgan fingerprint density at radius 1 is 0.891 bits per heavy atom. The van der Waals surface area contributed by atoms with Crippen molar-refractivity contribution in [3.8, 4) is 23.7 Å². The number of nitrogens with one attached hydrogen (secondary N) is 2. The number of aromatic amines is 2. The van der Waals surface area contributed by atoms with Crippen molar-refractivity contribution in [3.05, 3.63) is 65.2 Å². The highest BCUT2D eigenvalue weighted by molar-refractivity contribution is 7.66. The average molecular weight is 844 g/mol. The van der Waals surface area contributed by atoms with E-state index in [2.05, 4.69) is 41.8 Å². The zero-order chi connectivity index (χ0) is 41.3. The molecule has 2 saturated heterocycles. The van der Waals surface area contributed by atoms with E-state index >= 15 is 0 Å². The number of H-pyrrole nitrogens is 2. The molecule has 2 aliphatic rings. The Kier molecular flexibility index (Phi) is 16.0. The number of hydrogen-bond donors (Lipinski definition) is 9. The third-order valence-electron chi connectivity index (χ3n) is 6.98. The van der Waals surface area contributed by atoms with Crippen molar-refractivity contribution in [3.63, 3.8) is 0 Å². The van der Waals surface area contributed by atoms with E-state index in [4.69, 9.17) is 34.6 Å². The summed E-state index contributed by atoms with van der Waals surface area (Å²) in [6.07, 6.45) is -3.14. The standard InChI is InChI=1S/C15H18N2O6.C12H18N3O14P3/c1-3-4-5-10-7-17(15(21)16-14(10)20)13-6-11(22-9(2)19)12(8-18)23-13;13-3-1-2-7-5-15(12(18)14-11(7)17)10-4-8(16)9(27-10)6-26-31(22,23)29-32(24,25)28-30(19,20)21/h7,11-13,18H,3,6,8H2,1-2H3,(H,16,20,21);5,8-10,16H,3-4,6,13H2,(H,22,23)(H,24,25)(H,14,17,18)(H2,19,20,21)/t11?,12-,13-;8?,9-,10-/m11/s1. The molecule has 8 atom stereocenters. The monoisotopic (exact) mass is 843 g/mol. The number of phosphoric ester groups is 1. The van der Waals surface area contributed by atoms with E-state index in [0.717, 1.165) is 10.8 Å². The maximum atomic E-state index is 12.1.